The summed E-state index contributed by atoms with van der Waals surface area (Å²) in [7, 11) is 0. The van der Waals surface area contributed by atoms with E-state index in [1.165, 1.54) is 0 Å². The zero-order valence-electron chi connectivity index (χ0n) is 31.0. The number of hydrogen-bond acceptors (Lipinski definition) is 11. The molecule has 8 rings (SSSR count). The van der Waals surface area contributed by atoms with Crippen LogP contribution in [-0.4, -0.2) is 82.7 Å². The second-order valence-corrected chi connectivity index (χ2v) is 15.8. The van der Waals surface area contributed by atoms with Gasteiger partial charge in [-0.2, -0.15) is 5.26 Å². The van der Waals surface area contributed by atoms with Crippen LogP contribution in [0.2, 0.25) is 0 Å². The van der Waals surface area contributed by atoms with Crippen LogP contribution in [0.4, 0.5) is 11.5 Å². The van der Waals surface area contributed by atoms with Crippen LogP contribution in [0, 0.1) is 22.2 Å². The molecule has 2 saturated heterocycles. The number of aromatic nitrogens is 2. The number of primary amides is 1. The maximum absolute atomic E-state index is 13.4. The molecule has 0 bridgehead atoms. The van der Waals surface area contributed by atoms with Gasteiger partial charge >= 0.3 is 0 Å². The van der Waals surface area contributed by atoms with Gasteiger partial charge in [-0.25, -0.2) is 4.98 Å². The molecule has 0 spiro atoms. The number of pyridine rings is 2. The minimum absolute atomic E-state index is 0.0572. The number of nitriles is 1. The molecule has 1 saturated carbocycles. The van der Waals surface area contributed by atoms with Crippen molar-refractivity contribution in [1.29, 1.82) is 5.26 Å². The predicted molar refractivity (Wildman–Crippen MR) is 201 cm³/mol. The van der Waals surface area contributed by atoms with Crippen LogP contribution in [0.25, 0.3) is 10.9 Å². The van der Waals surface area contributed by atoms with Gasteiger partial charge in [-0.1, -0.05) is 27.7 Å². The monoisotopic (exact) mass is 740 g/mol. The summed E-state index contributed by atoms with van der Waals surface area (Å²) < 4.78 is 6.75. The zero-order chi connectivity index (χ0) is 39.0. The molecule has 3 N–H and O–H groups in total. The molecule has 3 aliphatic heterocycles. The lowest BCUT2D eigenvalue weighted by Gasteiger charge is -2.63. The Labute approximate surface area is 317 Å². The SMILES string of the molecule is CC1(C)[C@H](Oc2ccc(C#N)c3ncccc23)C(C)(C)[C@H]1c1nc(N2CCN(c3ccc4c(c3)C(=O)N(C3CCC(=O)NC3=O)C4=O)CC2)ccc1C(N)=O. The molecule has 0 radical (unpaired) electrons. The molecule has 5 amide bonds. The van der Waals surface area contributed by atoms with E-state index in [9.17, 15) is 29.2 Å². The Morgan fingerprint density at radius 2 is 1.64 bits per heavy atom. The summed E-state index contributed by atoms with van der Waals surface area (Å²) in [6.07, 6.45) is 1.53. The number of carbonyl (C=O) groups is 5. The number of benzene rings is 2. The highest BCUT2D eigenvalue weighted by atomic mass is 16.5. The van der Waals surface area contributed by atoms with Gasteiger partial charge in [0, 0.05) is 66.6 Å². The Kier molecular flexibility index (Phi) is 8.36. The Morgan fingerprint density at radius 1 is 0.927 bits per heavy atom. The van der Waals surface area contributed by atoms with Gasteiger partial charge in [0.25, 0.3) is 17.7 Å². The smallest absolute Gasteiger partial charge is 0.262 e. The lowest BCUT2D eigenvalue weighted by atomic mass is 9.44. The van der Waals surface area contributed by atoms with Crippen molar-refractivity contribution >= 4 is 51.9 Å². The molecule has 3 fully saturated rings. The van der Waals surface area contributed by atoms with Crippen LogP contribution in [-0.2, 0) is 9.59 Å². The number of hydrogen-bond donors (Lipinski definition) is 2. The molecule has 14 nitrogen and oxygen atoms in total. The molecule has 2 aromatic carbocycles. The molecular formula is C41H40N8O6. The van der Waals surface area contributed by atoms with Gasteiger partial charge in [0.2, 0.25) is 11.8 Å². The van der Waals surface area contributed by atoms with Crippen LogP contribution in [0.5, 0.6) is 5.75 Å². The number of imide groups is 2. The summed E-state index contributed by atoms with van der Waals surface area (Å²) in [6, 6.07) is 17.1. The Hall–Kier alpha value is -6.36. The first kappa shape index (κ1) is 35.7. The highest BCUT2D eigenvalue weighted by Gasteiger charge is 2.65. The van der Waals surface area contributed by atoms with E-state index in [1.807, 2.05) is 30.3 Å². The Bertz CT molecular complexity index is 2360. The maximum Gasteiger partial charge on any atom is 0.262 e. The summed E-state index contributed by atoms with van der Waals surface area (Å²) in [5.74, 6) is -1.54. The van der Waals surface area contributed by atoms with Crippen LogP contribution >= 0.6 is 0 Å². The summed E-state index contributed by atoms with van der Waals surface area (Å²) in [5.41, 5.74) is 8.28. The number of nitrogens with one attached hydrogen (secondary N) is 1. The quantitative estimate of drug-likeness (QED) is 0.261. The topological polar surface area (TPSA) is 192 Å². The molecule has 1 unspecified atom stereocenters. The van der Waals surface area contributed by atoms with Gasteiger partial charge < -0.3 is 20.3 Å². The van der Waals surface area contributed by atoms with Crippen molar-refractivity contribution in [2.45, 2.75) is 58.6 Å². The number of ether oxygens (including phenoxy) is 1. The lowest BCUT2D eigenvalue weighted by Crippen LogP contribution is -2.64. The Balaban J connectivity index is 1.00. The van der Waals surface area contributed by atoms with E-state index >= 15 is 0 Å². The second-order valence-electron chi connectivity index (χ2n) is 15.8. The summed E-state index contributed by atoms with van der Waals surface area (Å²) in [5, 5.41) is 12.6. The van der Waals surface area contributed by atoms with Crippen molar-refractivity contribution in [3.63, 3.8) is 0 Å². The van der Waals surface area contributed by atoms with E-state index in [4.69, 9.17) is 15.5 Å². The number of fused-ring (bicyclic) bond motifs is 2. The van der Waals surface area contributed by atoms with Crippen molar-refractivity contribution < 1.29 is 28.7 Å². The van der Waals surface area contributed by atoms with E-state index in [1.54, 1.807) is 30.5 Å². The molecule has 14 heteroatoms. The first-order valence-corrected chi connectivity index (χ1v) is 18.3. The molecular weight excluding hydrogens is 701 g/mol. The fourth-order valence-electron chi connectivity index (χ4n) is 9.52. The number of carbonyl (C=O) groups excluding carboxylic acids is 5. The number of rotatable bonds is 7. The van der Waals surface area contributed by atoms with Crippen molar-refractivity contribution in [2.75, 3.05) is 36.0 Å². The highest BCUT2D eigenvalue weighted by Crippen LogP contribution is 2.65. The van der Waals surface area contributed by atoms with E-state index in [0.717, 1.165) is 21.8 Å². The van der Waals surface area contributed by atoms with Crippen LogP contribution < -0.4 is 25.6 Å². The van der Waals surface area contributed by atoms with Gasteiger partial charge in [-0.15, -0.1) is 0 Å². The zero-order valence-corrected chi connectivity index (χ0v) is 31.0. The van der Waals surface area contributed by atoms with Gasteiger partial charge in [0.05, 0.1) is 33.5 Å². The Morgan fingerprint density at radius 3 is 2.33 bits per heavy atom. The first-order chi connectivity index (χ1) is 26.2. The minimum atomic E-state index is -1.02. The van der Waals surface area contributed by atoms with E-state index < -0.39 is 46.4 Å². The number of amides is 5. The molecule has 55 heavy (non-hydrogen) atoms. The average molecular weight is 741 g/mol. The fraction of sp³-hybridized carbons (Fsp3) is 0.366. The molecule has 4 aromatic rings. The van der Waals surface area contributed by atoms with Gasteiger partial charge in [-0.05, 0) is 61.0 Å². The summed E-state index contributed by atoms with van der Waals surface area (Å²) in [6.45, 7) is 10.8. The fourth-order valence-corrected chi connectivity index (χ4v) is 9.52. The van der Waals surface area contributed by atoms with Crippen molar-refractivity contribution in [3.8, 4) is 11.8 Å². The molecule has 4 aliphatic rings. The first-order valence-electron chi connectivity index (χ1n) is 18.3. The average Bonchev–Trinajstić information content (AvgIpc) is 3.41. The highest BCUT2D eigenvalue weighted by molar-refractivity contribution is 6.23. The summed E-state index contributed by atoms with van der Waals surface area (Å²) in [4.78, 5) is 78.4. The molecule has 2 aromatic heterocycles. The van der Waals surface area contributed by atoms with Gasteiger partial charge in [-0.3, -0.25) is 39.2 Å². The third-order valence-electron chi connectivity index (χ3n) is 11.8. The number of nitrogens with two attached hydrogens (primary N) is 1. The molecule has 1 aliphatic carbocycles. The van der Waals surface area contributed by atoms with Crippen molar-refractivity contribution in [3.05, 3.63) is 88.7 Å². The van der Waals surface area contributed by atoms with Gasteiger partial charge in [0.1, 0.15) is 29.8 Å². The van der Waals surface area contributed by atoms with E-state index in [-0.39, 0.29) is 36.0 Å². The number of piperidine rings is 1. The third-order valence-corrected chi connectivity index (χ3v) is 11.8. The molecule has 280 valence electrons. The summed E-state index contributed by atoms with van der Waals surface area (Å²) >= 11 is 0. The number of anilines is 2. The van der Waals surface area contributed by atoms with Crippen molar-refractivity contribution in [2.24, 2.45) is 16.6 Å². The van der Waals surface area contributed by atoms with E-state index in [2.05, 4.69) is 53.9 Å². The number of piperazine rings is 1. The lowest BCUT2D eigenvalue weighted by molar-refractivity contribution is -0.161. The van der Waals surface area contributed by atoms with Crippen LogP contribution in [0.3, 0.4) is 0 Å². The number of nitrogens with zero attached hydrogens (tertiary/aromatic N) is 6. The largest absolute Gasteiger partial charge is 0.489 e. The molecule has 5 heterocycles. The van der Waals surface area contributed by atoms with Crippen molar-refractivity contribution in [1.82, 2.24) is 20.2 Å². The normalized spacial score (nSPS) is 22.9. The third kappa shape index (κ3) is 5.64. The predicted octanol–water partition coefficient (Wildman–Crippen LogP) is 3.93. The van der Waals surface area contributed by atoms with Crippen LogP contribution in [0.15, 0.2) is 60.8 Å². The maximum atomic E-state index is 13.4. The van der Waals surface area contributed by atoms with Crippen LogP contribution in [0.1, 0.15) is 88.8 Å². The standard InChI is InChI=1S/C41H40N8O6/c1-40(2)34(41(3,4)39(40)55-29-12-7-22(21-42)32-25(29)6-5-15-44-32)33-26(35(43)51)10-13-30(45-33)48-18-16-47(17-19-48)23-8-9-24-27(20-23)38(54)49(37(24)53)28-11-14-31(50)46-36(28)52/h5-10,12-13,15,20,28,34,39H,11,14,16-19H2,1-4H3,(H2,43,51)(H,46,50,52)/t28?,34-,39-. The minimum Gasteiger partial charge on any atom is -0.489 e. The van der Waals surface area contributed by atoms with Gasteiger partial charge in [0.15, 0.2) is 0 Å². The second kappa shape index (κ2) is 12.9. The van der Waals surface area contributed by atoms with E-state index in [0.29, 0.717) is 54.3 Å². The molecule has 1 atom stereocenters.